The number of benzene rings is 1. The van der Waals surface area contributed by atoms with Gasteiger partial charge in [-0.05, 0) is 38.5 Å². The molecule has 0 aliphatic heterocycles. The number of nitrogens with zero attached hydrogens (tertiary/aromatic N) is 1. The number of rotatable bonds is 5. The smallest absolute Gasteiger partial charge is 0.340 e. The minimum absolute atomic E-state index is 0.0401. The molecule has 0 saturated heterocycles. The molecule has 0 unspecified atom stereocenters. The molecule has 5 heteroatoms. The van der Waals surface area contributed by atoms with E-state index in [0.29, 0.717) is 11.1 Å². The normalized spacial score (nSPS) is 10.7. The maximum Gasteiger partial charge on any atom is 0.340 e. The van der Waals surface area contributed by atoms with Crippen LogP contribution in [0, 0.1) is 6.92 Å². The molecule has 0 bridgehead atoms. The largest absolute Gasteiger partial charge is 0.422 e. The Labute approximate surface area is 129 Å². The molecule has 1 amide bonds. The van der Waals surface area contributed by atoms with Crippen molar-refractivity contribution in [2.24, 2.45) is 0 Å². The van der Waals surface area contributed by atoms with Crippen molar-refractivity contribution < 1.29 is 9.21 Å². The summed E-state index contributed by atoms with van der Waals surface area (Å²) in [7, 11) is 1.55. The maximum atomic E-state index is 12.2. The lowest BCUT2D eigenvalue weighted by Crippen LogP contribution is -2.24. The Hall–Kier alpha value is -2.30. The standard InChI is InChI=1S/C17H22N2O3/c1-5-19(6-2)12-7-8-13-11(3)14(10-16(20)18-4)17(21)22-15(13)9-12/h7-9H,5-6,10H2,1-4H3,(H,18,20). The minimum atomic E-state index is -0.440. The van der Waals surface area contributed by atoms with Crippen LogP contribution in [0.15, 0.2) is 27.4 Å². The number of nitrogens with one attached hydrogen (secondary N) is 1. The van der Waals surface area contributed by atoms with Crippen LogP contribution < -0.4 is 15.8 Å². The highest BCUT2D eigenvalue weighted by molar-refractivity contribution is 5.86. The zero-order valence-corrected chi connectivity index (χ0v) is 13.5. The summed E-state index contributed by atoms with van der Waals surface area (Å²) in [6, 6.07) is 5.86. The SMILES string of the molecule is CCN(CC)c1ccc2c(C)c(CC(=O)NC)c(=O)oc2c1. The Morgan fingerprint density at radius 2 is 1.95 bits per heavy atom. The number of fused-ring (bicyclic) bond motifs is 1. The van der Waals surface area contributed by atoms with Crippen molar-refractivity contribution in [3.05, 3.63) is 39.7 Å². The number of aryl methyl sites for hydroxylation is 1. The lowest BCUT2D eigenvalue weighted by molar-refractivity contribution is -0.120. The molecule has 0 spiro atoms. The molecule has 0 radical (unpaired) electrons. The van der Waals surface area contributed by atoms with Crippen molar-refractivity contribution in [1.29, 1.82) is 0 Å². The molecule has 22 heavy (non-hydrogen) atoms. The highest BCUT2D eigenvalue weighted by atomic mass is 16.4. The molecule has 0 atom stereocenters. The lowest BCUT2D eigenvalue weighted by Gasteiger charge is -2.21. The van der Waals surface area contributed by atoms with Gasteiger partial charge < -0.3 is 14.6 Å². The molecule has 2 rings (SSSR count). The second-order valence-electron chi connectivity index (χ2n) is 5.20. The molecular formula is C17H22N2O3. The molecule has 5 nitrogen and oxygen atoms in total. The second kappa shape index (κ2) is 6.64. The monoisotopic (exact) mass is 302 g/mol. The highest BCUT2D eigenvalue weighted by Gasteiger charge is 2.15. The number of hydrogen-bond donors (Lipinski definition) is 1. The lowest BCUT2D eigenvalue weighted by atomic mass is 10.0. The van der Waals surface area contributed by atoms with Gasteiger partial charge in [0.1, 0.15) is 5.58 Å². The Kier molecular flexibility index (Phi) is 4.85. The van der Waals surface area contributed by atoms with Gasteiger partial charge in [-0.3, -0.25) is 4.79 Å². The van der Waals surface area contributed by atoms with Crippen LogP contribution in [0.4, 0.5) is 5.69 Å². The molecule has 0 aliphatic carbocycles. The summed E-state index contributed by atoms with van der Waals surface area (Å²) in [6.07, 6.45) is 0.0401. The molecule has 0 aliphatic rings. The fourth-order valence-electron chi connectivity index (χ4n) is 2.62. The van der Waals surface area contributed by atoms with Crippen LogP contribution in [0.1, 0.15) is 25.0 Å². The summed E-state index contributed by atoms with van der Waals surface area (Å²) in [4.78, 5) is 25.9. The first-order chi connectivity index (χ1) is 10.5. The topological polar surface area (TPSA) is 62.6 Å². The Bertz CT molecular complexity index is 745. The van der Waals surface area contributed by atoms with Crippen LogP contribution in [0.5, 0.6) is 0 Å². The van der Waals surface area contributed by atoms with E-state index in [2.05, 4.69) is 24.1 Å². The number of amides is 1. The number of anilines is 1. The van der Waals surface area contributed by atoms with E-state index in [9.17, 15) is 9.59 Å². The van der Waals surface area contributed by atoms with E-state index < -0.39 is 5.63 Å². The van der Waals surface area contributed by atoms with E-state index in [4.69, 9.17) is 4.42 Å². The van der Waals surface area contributed by atoms with E-state index in [1.807, 2.05) is 25.1 Å². The Morgan fingerprint density at radius 1 is 1.27 bits per heavy atom. The van der Waals surface area contributed by atoms with Gasteiger partial charge in [0, 0.05) is 37.3 Å². The van der Waals surface area contributed by atoms with Gasteiger partial charge in [0.2, 0.25) is 5.91 Å². The van der Waals surface area contributed by atoms with Crippen LogP contribution in [0.25, 0.3) is 11.0 Å². The average molecular weight is 302 g/mol. The van der Waals surface area contributed by atoms with Gasteiger partial charge in [-0.15, -0.1) is 0 Å². The van der Waals surface area contributed by atoms with Crippen molar-refractivity contribution in [3.63, 3.8) is 0 Å². The van der Waals surface area contributed by atoms with Gasteiger partial charge >= 0.3 is 5.63 Å². The van der Waals surface area contributed by atoms with Gasteiger partial charge in [0.25, 0.3) is 0 Å². The van der Waals surface area contributed by atoms with Crippen LogP contribution >= 0.6 is 0 Å². The fourth-order valence-corrected chi connectivity index (χ4v) is 2.62. The Morgan fingerprint density at radius 3 is 2.55 bits per heavy atom. The molecule has 0 fully saturated rings. The number of carbonyl (C=O) groups excluding carboxylic acids is 1. The number of carbonyl (C=O) groups is 1. The summed E-state index contributed by atoms with van der Waals surface area (Å²) in [6.45, 7) is 7.80. The molecule has 1 aromatic heterocycles. The average Bonchev–Trinajstić information content (AvgIpc) is 2.52. The van der Waals surface area contributed by atoms with Gasteiger partial charge in [-0.2, -0.15) is 0 Å². The predicted octanol–water partition coefficient (Wildman–Crippen LogP) is 2.24. The first-order valence-electron chi connectivity index (χ1n) is 7.53. The maximum absolute atomic E-state index is 12.2. The summed E-state index contributed by atoms with van der Waals surface area (Å²) in [5.74, 6) is -0.200. The van der Waals surface area contributed by atoms with E-state index in [-0.39, 0.29) is 12.3 Å². The van der Waals surface area contributed by atoms with E-state index in [1.165, 1.54) is 0 Å². The first kappa shape index (κ1) is 16.1. The van der Waals surface area contributed by atoms with Gasteiger partial charge in [0.05, 0.1) is 12.0 Å². The summed E-state index contributed by atoms with van der Waals surface area (Å²) >= 11 is 0. The molecule has 0 saturated carbocycles. The highest BCUT2D eigenvalue weighted by Crippen LogP contribution is 2.25. The molecule has 1 aromatic carbocycles. The fraction of sp³-hybridized carbons (Fsp3) is 0.412. The van der Waals surface area contributed by atoms with E-state index in [1.54, 1.807) is 7.05 Å². The molecule has 2 aromatic rings. The molecule has 1 N–H and O–H groups in total. The quantitative estimate of drug-likeness (QED) is 0.860. The molecular weight excluding hydrogens is 280 g/mol. The van der Waals surface area contributed by atoms with Crippen LogP contribution in [-0.4, -0.2) is 26.0 Å². The van der Waals surface area contributed by atoms with Crippen molar-refractivity contribution in [2.75, 3.05) is 25.0 Å². The van der Waals surface area contributed by atoms with Crippen molar-refractivity contribution in [1.82, 2.24) is 5.32 Å². The summed E-state index contributed by atoms with van der Waals surface area (Å²) in [5.41, 5.74) is 2.38. The Balaban J connectivity index is 2.56. The number of hydrogen-bond acceptors (Lipinski definition) is 4. The third-order valence-corrected chi connectivity index (χ3v) is 4.02. The van der Waals surface area contributed by atoms with E-state index in [0.717, 1.165) is 29.7 Å². The van der Waals surface area contributed by atoms with Crippen molar-refractivity contribution in [2.45, 2.75) is 27.2 Å². The number of likely N-dealkylation sites (N-methyl/N-ethyl adjacent to an activating group) is 1. The molecule has 118 valence electrons. The van der Waals surface area contributed by atoms with Crippen LogP contribution in [-0.2, 0) is 11.2 Å². The summed E-state index contributed by atoms with van der Waals surface area (Å²) in [5, 5.41) is 3.40. The van der Waals surface area contributed by atoms with Gasteiger partial charge in [0.15, 0.2) is 0 Å². The van der Waals surface area contributed by atoms with Crippen LogP contribution in [0.3, 0.4) is 0 Å². The third kappa shape index (κ3) is 2.98. The van der Waals surface area contributed by atoms with Gasteiger partial charge in [-0.25, -0.2) is 4.79 Å². The van der Waals surface area contributed by atoms with E-state index >= 15 is 0 Å². The van der Waals surface area contributed by atoms with Gasteiger partial charge in [-0.1, -0.05) is 0 Å². The zero-order valence-electron chi connectivity index (χ0n) is 13.5. The second-order valence-corrected chi connectivity index (χ2v) is 5.20. The van der Waals surface area contributed by atoms with Crippen molar-refractivity contribution in [3.8, 4) is 0 Å². The van der Waals surface area contributed by atoms with Crippen molar-refractivity contribution >= 4 is 22.6 Å². The molecule has 1 heterocycles. The minimum Gasteiger partial charge on any atom is -0.422 e. The third-order valence-electron chi connectivity index (χ3n) is 4.02. The predicted molar refractivity (Wildman–Crippen MR) is 88.6 cm³/mol. The van der Waals surface area contributed by atoms with Crippen LogP contribution in [0.2, 0.25) is 0 Å². The first-order valence-corrected chi connectivity index (χ1v) is 7.53. The summed E-state index contributed by atoms with van der Waals surface area (Å²) < 4.78 is 5.44. The zero-order chi connectivity index (χ0) is 16.3.